The monoisotopic (exact) mass is 446 g/mol. The van der Waals surface area contributed by atoms with E-state index in [0.29, 0.717) is 24.0 Å². The minimum Gasteiger partial charge on any atom is -0.486 e. The number of rotatable bonds is 4. The second-order valence-electron chi connectivity index (χ2n) is 7.03. The maximum absolute atomic E-state index is 13.0. The van der Waals surface area contributed by atoms with E-state index in [9.17, 15) is 4.79 Å². The van der Waals surface area contributed by atoms with Crippen LogP contribution in [-0.2, 0) is 4.79 Å². The molecular formula is C21H19ClN2O3S2. The van der Waals surface area contributed by atoms with E-state index < -0.39 is 0 Å². The zero-order chi connectivity index (χ0) is 19.8. The Bertz CT molecular complexity index is 1070. The Morgan fingerprint density at radius 3 is 2.97 bits per heavy atom. The first-order chi connectivity index (χ1) is 14.2. The molecule has 0 saturated carbocycles. The molecule has 2 aliphatic heterocycles. The van der Waals surface area contributed by atoms with Gasteiger partial charge in [-0.2, -0.15) is 0 Å². The Labute approximate surface area is 182 Å². The van der Waals surface area contributed by atoms with Gasteiger partial charge in [-0.15, -0.1) is 11.3 Å². The van der Waals surface area contributed by atoms with Crippen molar-refractivity contribution in [2.75, 3.05) is 25.5 Å². The predicted molar refractivity (Wildman–Crippen MR) is 116 cm³/mol. The van der Waals surface area contributed by atoms with E-state index in [2.05, 4.69) is 4.98 Å². The van der Waals surface area contributed by atoms with Crippen molar-refractivity contribution in [3.05, 3.63) is 47.0 Å². The van der Waals surface area contributed by atoms with Crippen LogP contribution in [0.25, 0.3) is 10.2 Å². The summed E-state index contributed by atoms with van der Waals surface area (Å²) in [7, 11) is 0. The normalized spacial score (nSPS) is 18.4. The van der Waals surface area contributed by atoms with Crippen LogP contribution in [0.5, 0.6) is 11.5 Å². The van der Waals surface area contributed by atoms with Crippen molar-refractivity contribution in [3.63, 3.8) is 0 Å². The fraction of sp³-hybridized carbons (Fsp3) is 0.333. The number of hydrogen-bond donors (Lipinski definition) is 0. The summed E-state index contributed by atoms with van der Waals surface area (Å²) in [5.74, 6) is 2.08. The van der Waals surface area contributed by atoms with Crippen molar-refractivity contribution in [2.24, 2.45) is 0 Å². The van der Waals surface area contributed by atoms with Gasteiger partial charge in [-0.05, 0) is 48.7 Å². The number of fused-ring (bicyclic) bond motifs is 2. The second-order valence-corrected chi connectivity index (χ2v) is 9.72. The molecule has 1 fully saturated rings. The van der Waals surface area contributed by atoms with Crippen molar-refractivity contribution in [1.29, 1.82) is 0 Å². The topological polar surface area (TPSA) is 51.7 Å². The fourth-order valence-corrected chi connectivity index (χ4v) is 5.93. The van der Waals surface area contributed by atoms with Crippen molar-refractivity contribution in [3.8, 4) is 11.5 Å². The molecule has 8 heteroatoms. The summed E-state index contributed by atoms with van der Waals surface area (Å²) < 4.78 is 13.3. The Balaban J connectivity index is 1.28. The second kappa shape index (κ2) is 8.05. The summed E-state index contributed by atoms with van der Waals surface area (Å²) in [6, 6.07) is 11.8. The Morgan fingerprint density at radius 1 is 1.21 bits per heavy atom. The van der Waals surface area contributed by atoms with Crippen LogP contribution in [0.1, 0.15) is 24.4 Å². The Kier molecular flexibility index (Phi) is 5.28. The molecule has 1 aromatic heterocycles. The molecule has 3 aromatic rings. The molecular weight excluding hydrogens is 428 g/mol. The van der Waals surface area contributed by atoms with Crippen LogP contribution in [0, 0.1) is 0 Å². The lowest BCUT2D eigenvalue weighted by atomic mass is 10.0. The van der Waals surface area contributed by atoms with E-state index in [0.717, 1.165) is 51.0 Å². The van der Waals surface area contributed by atoms with Gasteiger partial charge in [-0.1, -0.05) is 29.4 Å². The molecule has 5 rings (SSSR count). The zero-order valence-electron chi connectivity index (χ0n) is 15.6. The van der Waals surface area contributed by atoms with Crippen LogP contribution in [0.4, 0.5) is 0 Å². The van der Waals surface area contributed by atoms with Crippen LogP contribution in [0.3, 0.4) is 0 Å². The first kappa shape index (κ1) is 19.0. The summed E-state index contributed by atoms with van der Waals surface area (Å²) >= 11 is 9.13. The average molecular weight is 447 g/mol. The largest absolute Gasteiger partial charge is 0.486 e. The van der Waals surface area contributed by atoms with E-state index in [1.54, 1.807) is 11.3 Å². The Hall–Kier alpha value is -1.96. The van der Waals surface area contributed by atoms with E-state index in [1.165, 1.54) is 11.8 Å². The number of halogens is 1. The van der Waals surface area contributed by atoms with Crippen LogP contribution in [0.15, 0.2) is 40.7 Å². The molecule has 150 valence electrons. The van der Waals surface area contributed by atoms with Gasteiger partial charge in [0, 0.05) is 11.6 Å². The molecule has 29 heavy (non-hydrogen) atoms. The zero-order valence-corrected chi connectivity index (χ0v) is 18.0. The van der Waals surface area contributed by atoms with Crippen molar-refractivity contribution in [2.45, 2.75) is 23.2 Å². The number of thioether (sulfide) groups is 1. The first-order valence-corrected chi connectivity index (χ1v) is 11.7. The molecule has 0 radical (unpaired) electrons. The lowest BCUT2D eigenvalue weighted by Crippen LogP contribution is -2.32. The molecule has 0 N–H and O–H groups in total. The molecule has 2 aromatic carbocycles. The van der Waals surface area contributed by atoms with Crippen molar-refractivity contribution >= 4 is 50.8 Å². The number of carbonyl (C=O) groups excluding carboxylic acids is 1. The summed E-state index contributed by atoms with van der Waals surface area (Å²) in [6.07, 6.45) is 1.98. The maximum atomic E-state index is 13.0. The minimum absolute atomic E-state index is 0.0908. The number of nitrogens with zero attached hydrogens (tertiary/aromatic N) is 2. The third-order valence-electron chi connectivity index (χ3n) is 5.17. The van der Waals surface area contributed by atoms with Gasteiger partial charge in [0.2, 0.25) is 5.91 Å². The summed E-state index contributed by atoms with van der Waals surface area (Å²) in [5.41, 5.74) is 1.99. The van der Waals surface area contributed by atoms with Crippen LogP contribution in [-0.4, -0.2) is 41.3 Å². The SMILES string of the molecule is O=C(CSc1nc2cc(Cl)ccc2s1)N1CCC[C@H]1c1ccc2c(c1)OCCO2. The average Bonchev–Trinajstić information content (AvgIpc) is 3.38. The van der Waals surface area contributed by atoms with Gasteiger partial charge in [0.05, 0.1) is 22.0 Å². The minimum atomic E-state index is 0.0908. The number of ether oxygens (including phenoxy) is 2. The standard InChI is InChI=1S/C21H19ClN2O3S2/c22-14-4-6-19-15(11-14)23-21(29-19)28-12-20(25)24-7-1-2-16(24)13-3-5-17-18(10-13)27-9-8-26-17/h3-6,10-11,16H,1-2,7-9,12H2/t16-/m0/s1. The van der Waals surface area contributed by atoms with E-state index in [-0.39, 0.29) is 11.9 Å². The molecule has 0 aliphatic carbocycles. The number of carbonyl (C=O) groups is 1. The summed E-state index contributed by atoms with van der Waals surface area (Å²) in [5, 5.41) is 0.676. The molecule has 0 spiro atoms. The van der Waals surface area contributed by atoms with Crippen LogP contribution >= 0.6 is 34.7 Å². The fourth-order valence-electron chi connectivity index (χ4n) is 3.83. The Morgan fingerprint density at radius 2 is 2.07 bits per heavy atom. The van der Waals surface area contributed by atoms with Gasteiger partial charge >= 0.3 is 0 Å². The van der Waals surface area contributed by atoms with Crippen molar-refractivity contribution < 1.29 is 14.3 Å². The lowest BCUT2D eigenvalue weighted by Gasteiger charge is -2.26. The number of aromatic nitrogens is 1. The number of benzene rings is 2. The molecule has 1 amide bonds. The molecule has 2 aliphatic rings. The molecule has 0 unspecified atom stereocenters. The van der Waals surface area contributed by atoms with Crippen LogP contribution < -0.4 is 9.47 Å². The highest BCUT2D eigenvalue weighted by molar-refractivity contribution is 8.01. The molecule has 1 atom stereocenters. The third kappa shape index (κ3) is 3.91. The smallest absolute Gasteiger partial charge is 0.233 e. The van der Waals surface area contributed by atoms with E-state index in [4.69, 9.17) is 21.1 Å². The van der Waals surface area contributed by atoms with E-state index >= 15 is 0 Å². The number of hydrogen-bond acceptors (Lipinski definition) is 6. The summed E-state index contributed by atoms with van der Waals surface area (Å²) in [6.45, 7) is 1.93. The number of thiazole rings is 1. The van der Waals surface area contributed by atoms with Gasteiger partial charge in [0.25, 0.3) is 0 Å². The molecule has 5 nitrogen and oxygen atoms in total. The first-order valence-electron chi connectivity index (χ1n) is 9.55. The van der Waals surface area contributed by atoms with Gasteiger partial charge in [-0.3, -0.25) is 4.79 Å². The molecule has 3 heterocycles. The number of amides is 1. The highest BCUT2D eigenvalue weighted by atomic mass is 35.5. The highest BCUT2D eigenvalue weighted by Gasteiger charge is 2.31. The van der Waals surface area contributed by atoms with Gasteiger partial charge in [0.15, 0.2) is 15.8 Å². The van der Waals surface area contributed by atoms with Gasteiger partial charge in [-0.25, -0.2) is 4.98 Å². The predicted octanol–water partition coefficient (Wildman–Crippen LogP) is 5.18. The summed E-state index contributed by atoms with van der Waals surface area (Å²) in [4.78, 5) is 19.5. The third-order valence-corrected chi connectivity index (χ3v) is 7.57. The maximum Gasteiger partial charge on any atom is 0.233 e. The van der Waals surface area contributed by atoms with E-state index in [1.807, 2.05) is 41.3 Å². The quantitative estimate of drug-likeness (QED) is 0.517. The van der Waals surface area contributed by atoms with Crippen LogP contribution in [0.2, 0.25) is 5.02 Å². The molecule has 1 saturated heterocycles. The number of likely N-dealkylation sites (tertiary alicyclic amines) is 1. The van der Waals surface area contributed by atoms with Crippen molar-refractivity contribution in [1.82, 2.24) is 9.88 Å². The highest BCUT2D eigenvalue weighted by Crippen LogP contribution is 2.39. The van der Waals surface area contributed by atoms with Gasteiger partial charge < -0.3 is 14.4 Å². The lowest BCUT2D eigenvalue weighted by molar-refractivity contribution is -0.129. The molecule has 0 bridgehead atoms. The van der Waals surface area contributed by atoms with Gasteiger partial charge in [0.1, 0.15) is 13.2 Å².